The molecular formula is C20H27NO4. The van der Waals surface area contributed by atoms with Crippen LogP contribution < -0.4 is 10.1 Å². The lowest BCUT2D eigenvalue weighted by molar-refractivity contribution is -0.123. The summed E-state index contributed by atoms with van der Waals surface area (Å²) in [7, 11) is 0. The minimum Gasteiger partial charge on any atom is -0.484 e. The summed E-state index contributed by atoms with van der Waals surface area (Å²) in [6.07, 6.45) is 7.89. The predicted octanol–water partition coefficient (Wildman–Crippen LogP) is 3.64. The van der Waals surface area contributed by atoms with Crippen LogP contribution in [-0.4, -0.2) is 31.1 Å². The van der Waals surface area contributed by atoms with Crippen molar-refractivity contribution in [2.75, 3.05) is 13.2 Å². The van der Waals surface area contributed by atoms with E-state index in [-0.39, 0.29) is 24.6 Å². The van der Waals surface area contributed by atoms with E-state index in [1.54, 1.807) is 38.1 Å². The minimum atomic E-state index is -0.365. The number of hydrogen-bond donors (Lipinski definition) is 1. The van der Waals surface area contributed by atoms with E-state index in [0.29, 0.717) is 17.9 Å². The summed E-state index contributed by atoms with van der Waals surface area (Å²) >= 11 is 0. The second kappa shape index (κ2) is 9.87. The zero-order valence-corrected chi connectivity index (χ0v) is 15.0. The number of allylic oxidation sites excluding steroid dienone is 1. The Morgan fingerprint density at radius 2 is 1.92 bits per heavy atom. The molecule has 5 nitrogen and oxygen atoms in total. The molecule has 0 aromatic heterocycles. The third-order valence-electron chi connectivity index (χ3n) is 3.96. The Balaban J connectivity index is 1.68. The molecule has 0 aliphatic heterocycles. The molecule has 1 N–H and O–H groups in total. The molecule has 0 saturated heterocycles. The fourth-order valence-corrected chi connectivity index (χ4v) is 2.66. The lowest BCUT2D eigenvalue weighted by atomic mass is 9.97. The van der Waals surface area contributed by atoms with Crippen molar-refractivity contribution in [1.29, 1.82) is 0 Å². The highest BCUT2D eigenvalue weighted by molar-refractivity contribution is 5.89. The Bertz CT molecular complexity index is 605. The van der Waals surface area contributed by atoms with E-state index < -0.39 is 0 Å². The fourth-order valence-electron chi connectivity index (χ4n) is 2.66. The van der Waals surface area contributed by atoms with Gasteiger partial charge in [-0.3, -0.25) is 4.79 Å². The molecular weight excluding hydrogens is 318 g/mol. The number of ether oxygens (including phenoxy) is 2. The van der Waals surface area contributed by atoms with E-state index >= 15 is 0 Å². The third kappa shape index (κ3) is 6.99. The van der Waals surface area contributed by atoms with Gasteiger partial charge in [0.15, 0.2) is 6.61 Å². The van der Waals surface area contributed by atoms with Crippen LogP contribution in [0.25, 0.3) is 0 Å². The van der Waals surface area contributed by atoms with E-state index in [0.717, 1.165) is 19.3 Å². The van der Waals surface area contributed by atoms with Crippen LogP contribution in [0.4, 0.5) is 0 Å². The monoisotopic (exact) mass is 345 g/mol. The summed E-state index contributed by atoms with van der Waals surface area (Å²) in [4.78, 5) is 23.6. The summed E-state index contributed by atoms with van der Waals surface area (Å²) in [5, 5.41) is 2.87. The molecule has 5 heteroatoms. The van der Waals surface area contributed by atoms with Crippen LogP contribution in [0.1, 0.15) is 56.3 Å². The number of esters is 1. The Labute approximate surface area is 149 Å². The molecule has 1 aromatic rings. The molecule has 0 atom stereocenters. The Morgan fingerprint density at radius 1 is 1.16 bits per heavy atom. The second-order valence-electron chi connectivity index (χ2n) is 6.48. The van der Waals surface area contributed by atoms with Crippen molar-refractivity contribution < 1.29 is 19.1 Å². The zero-order valence-electron chi connectivity index (χ0n) is 15.0. The summed E-state index contributed by atoms with van der Waals surface area (Å²) in [6, 6.07) is 6.59. The van der Waals surface area contributed by atoms with Gasteiger partial charge in [-0.25, -0.2) is 4.79 Å². The van der Waals surface area contributed by atoms with E-state index in [1.165, 1.54) is 18.4 Å². The Morgan fingerprint density at radius 3 is 2.56 bits per heavy atom. The molecule has 1 aliphatic carbocycles. The topological polar surface area (TPSA) is 64.6 Å². The van der Waals surface area contributed by atoms with Gasteiger partial charge in [-0.05, 0) is 70.2 Å². The molecule has 0 bridgehead atoms. The predicted molar refractivity (Wildman–Crippen MR) is 96.7 cm³/mol. The molecule has 2 rings (SSSR count). The van der Waals surface area contributed by atoms with E-state index in [9.17, 15) is 9.59 Å². The van der Waals surface area contributed by atoms with Gasteiger partial charge in [-0.2, -0.15) is 0 Å². The maximum absolute atomic E-state index is 11.8. The summed E-state index contributed by atoms with van der Waals surface area (Å²) < 4.78 is 10.6. The van der Waals surface area contributed by atoms with Crippen molar-refractivity contribution in [1.82, 2.24) is 5.32 Å². The molecule has 1 aromatic carbocycles. The van der Waals surface area contributed by atoms with Gasteiger partial charge in [-0.15, -0.1) is 0 Å². The highest BCUT2D eigenvalue weighted by atomic mass is 16.5. The van der Waals surface area contributed by atoms with Crippen LogP contribution in [0.15, 0.2) is 35.9 Å². The highest BCUT2D eigenvalue weighted by Gasteiger charge is 2.10. The number of rotatable bonds is 8. The number of carbonyl (C=O) groups is 2. The average Bonchev–Trinajstić information content (AvgIpc) is 2.61. The molecule has 0 radical (unpaired) electrons. The Kier molecular flexibility index (Phi) is 7.51. The standard InChI is InChI=1S/C20H27NO4/c1-15(2)25-20(23)17-8-10-18(11-9-17)24-14-19(22)21-13-12-16-6-4-3-5-7-16/h6,8-11,15H,3-5,7,12-14H2,1-2H3,(H,21,22). The third-order valence-corrected chi connectivity index (χ3v) is 3.96. The van der Waals surface area contributed by atoms with Gasteiger partial charge in [0.1, 0.15) is 5.75 Å². The SMILES string of the molecule is CC(C)OC(=O)c1ccc(OCC(=O)NCCC2=CCCCC2)cc1. The number of benzene rings is 1. The zero-order chi connectivity index (χ0) is 18.1. The maximum atomic E-state index is 11.8. The van der Waals surface area contributed by atoms with E-state index in [4.69, 9.17) is 9.47 Å². The maximum Gasteiger partial charge on any atom is 0.338 e. The lowest BCUT2D eigenvalue weighted by Gasteiger charge is -2.13. The first-order valence-electron chi connectivity index (χ1n) is 8.93. The molecule has 0 heterocycles. The van der Waals surface area contributed by atoms with Crippen LogP contribution in [0.5, 0.6) is 5.75 Å². The van der Waals surface area contributed by atoms with Gasteiger partial charge in [-0.1, -0.05) is 11.6 Å². The van der Waals surface area contributed by atoms with Crippen LogP contribution in [0.2, 0.25) is 0 Å². The van der Waals surface area contributed by atoms with Crippen molar-refractivity contribution in [2.45, 2.75) is 52.1 Å². The largest absolute Gasteiger partial charge is 0.484 e. The number of hydrogen-bond acceptors (Lipinski definition) is 4. The molecule has 0 saturated carbocycles. The first-order chi connectivity index (χ1) is 12.0. The molecule has 0 fully saturated rings. The average molecular weight is 345 g/mol. The number of carbonyl (C=O) groups excluding carboxylic acids is 2. The van der Waals surface area contributed by atoms with Gasteiger partial charge in [0.05, 0.1) is 11.7 Å². The minimum absolute atomic E-state index is 0.0329. The first-order valence-corrected chi connectivity index (χ1v) is 8.93. The van der Waals surface area contributed by atoms with Crippen LogP contribution in [0, 0.1) is 0 Å². The van der Waals surface area contributed by atoms with E-state index in [1.807, 2.05) is 0 Å². The molecule has 136 valence electrons. The molecule has 25 heavy (non-hydrogen) atoms. The molecule has 1 aliphatic rings. The summed E-state index contributed by atoms with van der Waals surface area (Å²) in [5.41, 5.74) is 1.91. The van der Waals surface area contributed by atoms with E-state index in [2.05, 4.69) is 11.4 Å². The van der Waals surface area contributed by atoms with Crippen LogP contribution in [0.3, 0.4) is 0 Å². The number of nitrogens with one attached hydrogen (secondary N) is 1. The van der Waals surface area contributed by atoms with Gasteiger partial charge in [0, 0.05) is 6.54 Å². The number of amides is 1. The van der Waals surface area contributed by atoms with Crippen molar-refractivity contribution in [3.63, 3.8) is 0 Å². The van der Waals surface area contributed by atoms with Gasteiger partial charge < -0.3 is 14.8 Å². The van der Waals surface area contributed by atoms with Crippen molar-refractivity contribution in [2.24, 2.45) is 0 Å². The van der Waals surface area contributed by atoms with Gasteiger partial charge in [0.25, 0.3) is 5.91 Å². The molecule has 0 unspecified atom stereocenters. The van der Waals surface area contributed by atoms with Gasteiger partial charge >= 0.3 is 5.97 Å². The quantitative estimate of drug-likeness (QED) is 0.577. The normalized spacial score (nSPS) is 14.0. The fraction of sp³-hybridized carbons (Fsp3) is 0.500. The van der Waals surface area contributed by atoms with Crippen LogP contribution in [-0.2, 0) is 9.53 Å². The summed E-state index contributed by atoms with van der Waals surface area (Å²) in [6.45, 7) is 4.22. The Hall–Kier alpha value is -2.30. The smallest absolute Gasteiger partial charge is 0.338 e. The summed E-state index contributed by atoms with van der Waals surface area (Å²) in [5.74, 6) is 0.0437. The van der Waals surface area contributed by atoms with Crippen molar-refractivity contribution in [3.8, 4) is 5.75 Å². The van der Waals surface area contributed by atoms with Crippen molar-refractivity contribution in [3.05, 3.63) is 41.5 Å². The second-order valence-corrected chi connectivity index (χ2v) is 6.48. The first kappa shape index (κ1) is 19.0. The lowest BCUT2D eigenvalue weighted by Crippen LogP contribution is -2.30. The van der Waals surface area contributed by atoms with Crippen molar-refractivity contribution >= 4 is 11.9 Å². The van der Waals surface area contributed by atoms with Gasteiger partial charge in [0.2, 0.25) is 0 Å². The highest BCUT2D eigenvalue weighted by Crippen LogP contribution is 2.19. The van der Waals surface area contributed by atoms with Crippen LogP contribution >= 0.6 is 0 Å². The molecule has 1 amide bonds. The molecule has 0 spiro atoms.